The van der Waals surface area contributed by atoms with Gasteiger partial charge in [-0.15, -0.1) is 0 Å². The van der Waals surface area contributed by atoms with Crippen LogP contribution in [0.2, 0.25) is 5.02 Å². The van der Waals surface area contributed by atoms with Crippen LogP contribution >= 0.6 is 11.6 Å². The molecule has 0 heterocycles. The summed E-state index contributed by atoms with van der Waals surface area (Å²) in [7, 11) is 1.51. The van der Waals surface area contributed by atoms with Gasteiger partial charge in [0.1, 0.15) is 0 Å². The van der Waals surface area contributed by atoms with Gasteiger partial charge in [-0.25, -0.2) is 4.99 Å². The Morgan fingerprint density at radius 1 is 1.30 bits per heavy atom. The summed E-state index contributed by atoms with van der Waals surface area (Å²) in [5, 5.41) is 3.09. The number of halogens is 1. The maximum absolute atomic E-state index is 12.1. The van der Waals surface area contributed by atoms with E-state index in [1.165, 1.54) is 26.4 Å². The van der Waals surface area contributed by atoms with Crippen molar-refractivity contribution >= 4 is 23.5 Å². The van der Waals surface area contributed by atoms with Gasteiger partial charge in [0.15, 0.2) is 0 Å². The summed E-state index contributed by atoms with van der Waals surface area (Å²) in [6.45, 7) is 0. The Kier molecular flexibility index (Phi) is 5.41. The zero-order valence-corrected chi connectivity index (χ0v) is 12.3. The molecule has 0 aliphatic heterocycles. The first-order valence-corrected chi connectivity index (χ1v) is 7.26. The average Bonchev–Trinajstić information content (AvgIpc) is 2.48. The Balaban J connectivity index is 2.04. The van der Waals surface area contributed by atoms with E-state index >= 15 is 0 Å². The van der Waals surface area contributed by atoms with Crippen molar-refractivity contribution in [2.24, 2.45) is 4.99 Å². The van der Waals surface area contributed by atoms with Gasteiger partial charge in [-0.2, -0.15) is 0 Å². The van der Waals surface area contributed by atoms with Crippen LogP contribution in [0.3, 0.4) is 0 Å². The summed E-state index contributed by atoms with van der Waals surface area (Å²) in [4.78, 5) is 16.6. The summed E-state index contributed by atoms with van der Waals surface area (Å²) in [5.41, 5.74) is 0.419. The van der Waals surface area contributed by atoms with Crippen LogP contribution in [0.4, 0.5) is 0 Å². The van der Waals surface area contributed by atoms with Crippen molar-refractivity contribution in [3.05, 3.63) is 34.9 Å². The summed E-state index contributed by atoms with van der Waals surface area (Å²) >= 11 is 6.00. The number of carbonyl (C=O) groups is 1. The molecule has 0 aromatic heterocycles. The third-order valence-electron chi connectivity index (χ3n) is 3.41. The summed E-state index contributed by atoms with van der Waals surface area (Å²) in [6.07, 6.45) is 5.73. The van der Waals surface area contributed by atoms with Gasteiger partial charge in [0.05, 0.1) is 23.7 Å². The molecular formula is C15H19ClN2O2. The van der Waals surface area contributed by atoms with Crippen LogP contribution in [0.1, 0.15) is 42.5 Å². The lowest BCUT2D eigenvalue weighted by atomic mass is 9.96. The number of methoxy groups -OCH3 is 1. The van der Waals surface area contributed by atoms with Crippen molar-refractivity contribution in [3.63, 3.8) is 0 Å². The normalized spacial score (nSPS) is 16.8. The van der Waals surface area contributed by atoms with Crippen molar-refractivity contribution in [2.45, 2.75) is 38.1 Å². The van der Waals surface area contributed by atoms with E-state index in [0.717, 1.165) is 12.8 Å². The highest BCUT2D eigenvalue weighted by Crippen LogP contribution is 2.20. The molecule has 4 nitrogen and oxygen atoms in total. The smallest absolute Gasteiger partial charge is 0.291 e. The summed E-state index contributed by atoms with van der Waals surface area (Å²) in [5.74, 6) is -0.299. The summed E-state index contributed by atoms with van der Waals surface area (Å²) in [6, 6.07) is 7.41. The molecule has 2 rings (SSSR count). The molecule has 1 aliphatic rings. The third-order valence-corrected chi connectivity index (χ3v) is 3.74. The van der Waals surface area contributed by atoms with Crippen LogP contribution in [0.15, 0.2) is 29.3 Å². The number of rotatable bonds is 2. The van der Waals surface area contributed by atoms with E-state index in [4.69, 9.17) is 16.3 Å². The van der Waals surface area contributed by atoms with Gasteiger partial charge in [-0.05, 0) is 25.0 Å². The predicted molar refractivity (Wildman–Crippen MR) is 80.2 cm³/mol. The lowest BCUT2D eigenvalue weighted by Crippen LogP contribution is -2.33. The molecule has 20 heavy (non-hydrogen) atoms. The second kappa shape index (κ2) is 7.29. The molecule has 108 valence electrons. The van der Waals surface area contributed by atoms with Crippen molar-refractivity contribution in [2.75, 3.05) is 7.11 Å². The van der Waals surface area contributed by atoms with Gasteiger partial charge < -0.3 is 4.74 Å². The molecule has 1 amide bonds. The van der Waals surface area contributed by atoms with Gasteiger partial charge in [0.2, 0.25) is 0 Å². The van der Waals surface area contributed by atoms with E-state index < -0.39 is 0 Å². The number of nitrogens with one attached hydrogen (secondary N) is 1. The molecule has 1 saturated carbocycles. The number of amidine groups is 1. The van der Waals surface area contributed by atoms with E-state index in [0.29, 0.717) is 10.6 Å². The number of benzene rings is 1. The molecule has 1 aromatic carbocycles. The quantitative estimate of drug-likeness (QED) is 0.671. The zero-order chi connectivity index (χ0) is 14.4. The molecule has 1 aromatic rings. The Labute approximate surface area is 124 Å². The number of carbonyl (C=O) groups excluding carboxylic acids is 1. The van der Waals surface area contributed by atoms with E-state index in [2.05, 4.69) is 10.3 Å². The Morgan fingerprint density at radius 2 is 2.00 bits per heavy atom. The molecule has 0 unspecified atom stereocenters. The van der Waals surface area contributed by atoms with Gasteiger partial charge >= 0.3 is 0 Å². The Morgan fingerprint density at radius 3 is 2.65 bits per heavy atom. The van der Waals surface area contributed by atoms with Crippen LogP contribution < -0.4 is 5.32 Å². The maximum atomic E-state index is 12.1. The summed E-state index contributed by atoms with van der Waals surface area (Å²) < 4.78 is 5.16. The van der Waals surface area contributed by atoms with Crippen LogP contribution in [0.25, 0.3) is 0 Å². The zero-order valence-electron chi connectivity index (χ0n) is 11.6. The SMILES string of the molecule is COC(=NC1CCCCC1)NC(=O)c1ccccc1Cl. The minimum absolute atomic E-state index is 0.241. The van der Waals surface area contributed by atoms with Crippen molar-refractivity contribution < 1.29 is 9.53 Å². The van der Waals surface area contributed by atoms with Crippen LogP contribution in [0.5, 0.6) is 0 Å². The second-order valence-electron chi connectivity index (χ2n) is 4.86. The third kappa shape index (κ3) is 3.97. The van der Waals surface area contributed by atoms with Gasteiger partial charge in [0.25, 0.3) is 11.9 Å². The van der Waals surface area contributed by atoms with Crippen LogP contribution in [0, 0.1) is 0 Å². The van der Waals surface area contributed by atoms with Crippen molar-refractivity contribution in [3.8, 4) is 0 Å². The molecule has 0 bridgehead atoms. The Bertz CT molecular complexity index is 496. The van der Waals surface area contributed by atoms with Gasteiger partial charge in [-0.3, -0.25) is 10.1 Å². The minimum atomic E-state index is -0.299. The Hall–Kier alpha value is -1.55. The first kappa shape index (κ1) is 14.9. The first-order valence-electron chi connectivity index (χ1n) is 6.88. The highest BCUT2D eigenvalue weighted by molar-refractivity contribution is 6.34. The number of hydrogen-bond donors (Lipinski definition) is 1. The molecule has 0 radical (unpaired) electrons. The first-order chi connectivity index (χ1) is 9.70. The number of aliphatic imine (C=N–C) groups is 1. The maximum Gasteiger partial charge on any atom is 0.291 e. The van der Waals surface area contributed by atoms with E-state index in [9.17, 15) is 4.79 Å². The highest BCUT2D eigenvalue weighted by atomic mass is 35.5. The monoisotopic (exact) mass is 294 g/mol. The predicted octanol–water partition coefficient (Wildman–Crippen LogP) is 3.40. The lowest BCUT2D eigenvalue weighted by Gasteiger charge is -2.18. The fourth-order valence-corrected chi connectivity index (χ4v) is 2.54. The van der Waals surface area contributed by atoms with Gasteiger partial charge in [-0.1, -0.05) is 43.0 Å². The van der Waals surface area contributed by atoms with E-state index in [-0.39, 0.29) is 18.0 Å². The molecule has 0 spiro atoms. The molecular weight excluding hydrogens is 276 g/mol. The second-order valence-corrected chi connectivity index (χ2v) is 5.27. The molecule has 5 heteroatoms. The molecule has 1 fully saturated rings. The van der Waals surface area contributed by atoms with E-state index in [1.807, 2.05) is 0 Å². The fraction of sp³-hybridized carbons (Fsp3) is 0.467. The number of nitrogens with zero attached hydrogens (tertiary/aromatic N) is 1. The topological polar surface area (TPSA) is 50.7 Å². The number of ether oxygens (including phenoxy) is 1. The largest absolute Gasteiger partial charge is 0.468 e. The number of hydrogen-bond acceptors (Lipinski definition) is 3. The average molecular weight is 295 g/mol. The van der Waals surface area contributed by atoms with Gasteiger partial charge in [0, 0.05) is 0 Å². The highest BCUT2D eigenvalue weighted by Gasteiger charge is 2.16. The van der Waals surface area contributed by atoms with Crippen molar-refractivity contribution in [1.82, 2.24) is 5.32 Å². The van der Waals surface area contributed by atoms with Crippen molar-refractivity contribution in [1.29, 1.82) is 0 Å². The van der Waals surface area contributed by atoms with Crippen LogP contribution in [-0.2, 0) is 4.74 Å². The minimum Gasteiger partial charge on any atom is -0.468 e. The molecule has 0 saturated heterocycles. The van der Waals surface area contributed by atoms with E-state index in [1.54, 1.807) is 24.3 Å². The lowest BCUT2D eigenvalue weighted by molar-refractivity contribution is 0.0968. The fourth-order valence-electron chi connectivity index (χ4n) is 2.32. The standard InChI is InChI=1S/C15H19ClN2O2/c1-20-15(17-11-7-3-2-4-8-11)18-14(19)12-9-5-6-10-13(12)16/h5-6,9-11H,2-4,7-8H2,1H3,(H,17,18,19). The molecule has 1 N–H and O–H groups in total. The van der Waals surface area contributed by atoms with Crippen LogP contribution in [-0.4, -0.2) is 25.1 Å². The molecule has 0 atom stereocenters. The number of amides is 1. The molecule has 1 aliphatic carbocycles.